The predicted octanol–water partition coefficient (Wildman–Crippen LogP) is 5.48. The normalized spacial score (nSPS) is 10.9. The molecular formula is C19H10Cl2N2O3S. The second-order valence-electron chi connectivity index (χ2n) is 5.60. The lowest BCUT2D eigenvalue weighted by molar-refractivity contribution is 0.102. The topological polar surface area (TPSA) is 72.2 Å². The summed E-state index contributed by atoms with van der Waals surface area (Å²) in [5.41, 5.74) is 1.36. The Morgan fingerprint density at radius 2 is 1.93 bits per heavy atom. The number of halogens is 2. The summed E-state index contributed by atoms with van der Waals surface area (Å²) in [7, 11) is 0. The zero-order valence-electron chi connectivity index (χ0n) is 13.5. The number of rotatable bonds is 3. The zero-order chi connectivity index (χ0) is 19.0. The van der Waals surface area contributed by atoms with E-state index in [2.05, 4.69) is 10.3 Å². The van der Waals surface area contributed by atoms with Crippen LogP contribution in [0.1, 0.15) is 10.4 Å². The Bertz CT molecular complexity index is 1230. The molecule has 0 atom stereocenters. The standard InChI is InChI=1S/C19H10Cl2N2O3S/c20-13-6-5-10(7-14(13)21)15-9-27-19(22-15)23-18(25)12-8-26-16-4-2-1-3-11(16)17(12)24/h1-9H,(H,22,23,25). The minimum atomic E-state index is -0.579. The van der Waals surface area contributed by atoms with Gasteiger partial charge in [0.1, 0.15) is 17.4 Å². The molecule has 4 aromatic rings. The fraction of sp³-hybridized carbons (Fsp3) is 0. The summed E-state index contributed by atoms with van der Waals surface area (Å²) in [6.07, 6.45) is 1.16. The van der Waals surface area contributed by atoms with Crippen molar-refractivity contribution in [1.29, 1.82) is 0 Å². The van der Waals surface area contributed by atoms with Gasteiger partial charge in [-0.25, -0.2) is 4.98 Å². The van der Waals surface area contributed by atoms with Gasteiger partial charge in [0, 0.05) is 10.9 Å². The number of benzene rings is 2. The van der Waals surface area contributed by atoms with Gasteiger partial charge in [-0.3, -0.25) is 14.9 Å². The number of carbonyl (C=O) groups excluding carboxylic acids is 1. The van der Waals surface area contributed by atoms with Crippen molar-refractivity contribution in [3.63, 3.8) is 0 Å². The van der Waals surface area contributed by atoms with Crippen LogP contribution in [-0.2, 0) is 0 Å². The van der Waals surface area contributed by atoms with Gasteiger partial charge in [-0.1, -0.05) is 41.4 Å². The van der Waals surface area contributed by atoms with Crippen LogP contribution in [0.3, 0.4) is 0 Å². The van der Waals surface area contributed by atoms with Gasteiger partial charge in [0.05, 0.1) is 21.1 Å². The van der Waals surface area contributed by atoms with Gasteiger partial charge >= 0.3 is 0 Å². The molecule has 2 aromatic carbocycles. The summed E-state index contributed by atoms with van der Waals surface area (Å²) in [5, 5.41) is 5.98. The quantitative estimate of drug-likeness (QED) is 0.480. The SMILES string of the molecule is O=C(Nc1nc(-c2ccc(Cl)c(Cl)c2)cs1)c1coc2ccccc2c1=O. The zero-order valence-corrected chi connectivity index (χ0v) is 15.9. The molecule has 0 aliphatic rings. The average Bonchev–Trinajstić information content (AvgIpc) is 3.13. The molecule has 0 unspecified atom stereocenters. The number of hydrogen-bond acceptors (Lipinski definition) is 5. The summed E-state index contributed by atoms with van der Waals surface area (Å²) >= 11 is 13.2. The van der Waals surface area contributed by atoms with Crippen LogP contribution in [0.25, 0.3) is 22.2 Å². The Morgan fingerprint density at radius 1 is 1.11 bits per heavy atom. The molecule has 0 aliphatic carbocycles. The van der Waals surface area contributed by atoms with E-state index in [1.807, 2.05) is 0 Å². The Morgan fingerprint density at radius 3 is 2.74 bits per heavy atom. The van der Waals surface area contributed by atoms with E-state index in [0.29, 0.717) is 31.8 Å². The van der Waals surface area contributed by atoms with Crippen molar-refractivity contribution < 1.29 is 9.21 Å². The third kappa shape index (κ3) is 3.47. The first-order chi connectivity index (χ1) is 13.0. The first-order valence-corrected chi connectivity index (χ1v) is 9.39. The molecule has 27 heavy (non-hydrogen) atoms. The molecule has 0 aliphatic heterocycles. The third-order valence-corrected chi connectivity index (χ3v) is 5.36. The van der Waals surface area contributed by atoms with Crippen molar-refractivity contribution in [2.75, 3.05) is 5.32 Å². The molecule has 2 aromatic heterocycles. The highest BCUT2D eigenvalue weighted by Gasteiger charge is 2.16. The van der Waals surface area contributed by atoms with Gasteiger partial charge in [-0.15, -0.1) is 11.3 Å². The molecule has 0 spiro atoms. The van der Waals surface area contributed by atoms with Gasteiger partial charge in [-0.2, -0.15) is 0 Å². The number of nitrogens with one attached hydrogen (secondary N) is 1. The summed E-state index contributed by atoms with van der Waals surface area (Å²) in [4.78, 5) is 29.3. The fourth-order valence-electron chi connectivity index (χ4n) is 2.52. The first kappa shape index (κ1) is 17.7. The number of amides is 1. The average molecular weight is 417 g/mol. The highest BCUT2D eigenvalue weighted by Crippen LogP contribution is 2.30. The largest absolute Gasteiger partial charge is 0.463 e. The van der Waals surface area contributed by atoms with Gasteiger partial charge in [0.15, 0.2) is 5.13 Å². The summed E-state index contributed by atoms with van der Waals surface area (Å²) in [6.45, 7) is 0. The van der Waals surface area contributed by atoms with Gasteiger partial charge in [0.2, 0.25) is 5.43 Å². The maximum atomic E-state index is 12.5. The molecule has 1 amide bonds. The van der Waals surface area contributed by atoms with Crippen LogP contribution in [0.15, 0.2) is 63.3 Å². The minimum absolute atomic E-state index is 0.0833. The number of hydrogen-bond donors (Lipinski definition) is 1. The van der Waals surface area contributed by atoms with Gasteiger partial charge < -0.3 is 4.42 Å². The Hall–Kier alpha value is -2.67. The monoisotopic (exact) mass is 416 g/mol. The first-order valence-electron chi connectivity index (χ1n) is 7.76. The highest BCUT2D eigenvalue weighted by molar-refractivity contribution is 7.14. The van der Waals surface area contributed by atoms with E-state index in [1.165, 1.54) is 11.3 Å². The Kier molecular flexibility index (Phi) is 4.70. The molecule has 0 saturated heterocycles. The van der Waals surface area contributed by atoms with Gasteiger partial charge in [-0.05, 0) is 24.3 Å². The number of carbonyl (C=O) groups is 1. The molecule has 0 fully saturated rings. The van der Waals surface area contributed by atoms with E-state index in [0.717, 1.165) is 11.8 Å². The van der Waals surface area contributed by atoms with Crippen molar-refractivity contribution in [2.24, 2.45) is 0 Å². The van der Waals surface area contributed by atoms with Crippen molar-refractivity contribution in [3.05, 3.63) is 79.9 Å². The highest BCUT2D eigenvalue weighted by atomic mass is 35.5. The number of anilines is 1. The summed E-state index contributed by atoms with van der Waals surface area (Å²) in [5.74, 6) is -0.579. The van der Waals surface area contributed by atoms with Crippen LogP contribution in [0.5, 0.6) is 0 Å². The molecule has 4 rings (SSSR count). The van der Waals surface area contributed by atoms with E-state index in [9.17, 15) is 9.59 Å². The minimum Gasteiger partial charge on any atom is -0.463 e. The molecule has 2 heterocycles. The number of nitrogens with zero attached hydrogens (tertiary/aromatic N) is 1. The van der Waals surface area contributed by atoms with Crippen molar-refractivity contribution in [1.82, 2.24) is 4.98 Å². The number of aromatic nitrogens is 1. The van der Waals surface area contributed by atoms with Crippen molar-refractivity contribution in [3.8, 4) is 11.3 Å². The van der Waals surface area contributed by atoms with Crippen LogP contribution >= 0.6 is 34.5 Å². The third-order valence-electron chi connectivity index (χ3n) is 3.86. The van der Waals surface area contributed by atoms with E-state index in [-0.39, 0.29) is 5.56 Å². The van der Waals surface area contributed by atoms with E-state index < -0.39 is 11.3 Å². The Balaban J connectivity index is 1.61. The molecular weight excluding hydrogens is 407 g/mol. The molecule has 134 valence electrons. The van der Waals surface area contributed by atoms with Crippen LogP contribution in [-0.4, -0.2) is 10.9 Å². The molecule has 0 radical (unpaired) electrons. The van der Waals surface area contributed by atoms with E-state index in [4.69, 9.17) is 27.6 Å². The maximum Gasteiger partial charge on any atom is 0.264 e. The molecule has 1 N–H and O–H groups in total. The van der Waals surface area contributed by atoms with Crippen LogP contribution in [0, 0.1) is 0 Å². The lowest BCUT2D eigenvalue weighted by Gasteiger charge is -2.02. The van der Waals surface area contributed by atoms with Crippen LogP contribution < -0.4 is 10.7 Å². The summed E-state index contributed by atoms with van der Waals surface area (Å²) < 4.78 is 5.38. The smallest absolute Gasteiger partial charge is 0.264 e. The number of para-hydroxylation sites is 1. The van der Waals surface area contributed by atoms with E-state index in [1.54, 1.807) is 47.8 Å². The lowest BCUT2D eigenvalue weighted by Crippen LogP contribution is -2.21. The van der Waals surface area contributed by atoms with Crippen molar-refractivity contribution >= 4 is 56.5 Å². The van der Waals surface area contributed by atoms with Gasteiger partial charge in [0.25, 0.3) is 5.91 Å². The predicted molar refractivity (Wildman–Crippen MR) is 108 cm³/mol. The van der Waals surface area contributed by atoms with Crippen molar-refractivity contribution in [2.45, 2.75) is 0 Å². The molecule has 0 saturated carbocycles. The second-order valence-corrected chi connectivity index (χ2v) is 7.27. The van der Waals surface area contributed by atoms with Crippen LogP contribution in [0.2, 0.25) is 10.0 Å². The lowest BCUT2D eigenvalue weighted by atomic mass is 10.1. The number of fused-ring (bicyclic) bond motifs is 1. The summed E-state index contributed by atoms with van der Waals surface area (Å²) in [6, 6.07) is 11.9. The molecule has 5 nitrogen and oxygen atoms in total. The van der Waals surface area contributed by atoms with Crippen LogP contribution in [0.4, 0.5) is 5.13 Å². The van der Waals surface area contributed by atoms with E-state index >= 15 is 0 Å². The number of thiazole rings is 1. The Labute approximate surface area is 167 Å². The second kappa shape index (κ2) is 7.15. The molecule has 0 bridgehead atoms. The maximum absolute atomic E-state index is 12.5. The fourth-order valence-corrected chi connectivity index (χ4v) is 3.53. The molecule has 8 heteroatoms.